The minimum absolute atomic E-state index is 0.121. The van der Waals surface area contributed by atoms with Crippen LogP contribution in [0.15, 0.2) is 15.0 Å². The number of hydrogen-bond acceptors (Lipinski definition) is 2. The topological polar surface area (TPSA) is 38.0 Å². The van der Waals surface area contributed by atoms with Gasteiger partial charge in [-0.15, -0.1) is 0 Å². The summed E-state index contributed by atoms with van der Waals surface area (Å²) < 4.78 is 14.8. The molecule has 3 N–H and O–H groups in total. The first-order valence-electron chi connectivity index (χ1n) is 4.09. The van der Waals surface area contributed by atoms with Gasteiger partial charge in [0.15, 0.2) is 0 Å². The summed E-state index contributed by atoms with van der Waals surface area (Å²) in [7, 11) is 1.76. The summed E-state index contributed by atoms with van der Waals surface area (Å²) in [6, 6.07) is 1.49. The Morgan fingerprint density at radius 3 is 2.50 bits per heavy atom. The van der Waals surface area contributed by atoms with E-state index in [1.54, 1.807) is 13.1 Å². The molecule has 0 heterocycles. The molecule has 0 saturated heterocycles. The van der Waals surface area contributed by atoms with Crippen molar-refractivity contribution in [2.45, 2.75) is 13.0 Å². The van der Waals surface area contributed by atoms with E-state index in [1.807, 2.05) is 6.92 Å². The summed E-state index contributed by atoms with van der Waals surface area (Å²) >= 11 is 6.42. The fourth-order valence-corrected chi connectivity index (χ4v) is 2.39. The van der Waals surface area contributed by atoms with E-state index in [1.165, 1.54) is 0 Å². The average molecular weight is 326 g/mol. The van der Waals surface area contributed by atoms with Crippen molar-refractivity contribution in [2.75, 3.05) is 12.8 Å². The van der Waals surface area contributed by atoms with Crippen LogP contribution in [0.1, 0.15) is 18.5 Å². The Hall–Kier alpha value is -0.130. The van der Waals surface area contributed by atoms with E-state index in [0.717, 1.165) is 0 Å². The van der Waals surface area contributed by atoms with Gasteiger partial charge in [0.05, 0.1) is 10.2 Å². The lowest BCUT2D eigenvalue weighted by Crippen LogP contribution is -2.16. The van der Waals surface area contributed by atoms with Gasteiger partial charge in [-0.1, -0.05) is 0 Å². The fraction of sp³-hybridized carbons (Fsp3) is 0.333. The summed E-state index contributed by atoms with van der Waals surface area (Å²) in [5.41, 5.74) is 6.70. The Bertz CT molecular complexity index is 329. The van der Waals surface area contributed by atoms with Gasteiger partial charge < -0.3 is 11.1 Å². The molecule has 0 unspecified atom stereocenters. The number of halogens is 3. The van der Waals surface area contributed by atoms with E-state index in [-0.39, 0.29) is 11.9 Å². The molecule has 1 rings (SSSR count). The van der Waals surface area contributed by atoms with Crippen LogP contribution < -0.4 is 11.1 Å². The summed E-state index contributed by atoms with van der Waals surface area (Å²) in [6.45, 7) is 1.85. The lowest BCUT2D eigenvalue weighted by Gasteiger charge is -2.16. The highest BCUT2D eigenvalue weighted by Gasteiger charge is 2.17. The largest absolute Gasteiger partial charge is 0.397 e. The van der Waals surface area contributed by atoms with E-state index >= 15 is 0 Å². The molecular formula is C9H11Br2FN2. The van der Waals surface area contributed by atoms with Crippen LogP contribution in [-0.4, -0.2) is 7.05 Å². The number of hydrogen-bond donors (Lipinski definition) is 2. The summed E-state index contributed by atoms with van der Waals surface area (Å²) in [5.74, 6) is -0.312. The van der Waals surface area contributed by atoms with Crippen LogP contribution in [0.5, 0.6) is 0 Å². The first-order chi connectivity index (χ1) is 6.49. The number of nitrogens with one attached hydrogen (secondary N) is 1. The number of nitrogens with two attached hydrogens (primary N) is 1. The quantitative estimate of drug-likeness (QED) is 0.647. The zero-order valence-corrected chi connectivity index (χ0v) is 11.0. The fourth-order valence-electron chi connectivity index (χ4n) is 1.20. The molecule has 0 fully saturated rings. The van der Waals surface area contributed by atoms with Gasteiger partial charge >= 0.3 is 0 Å². The third-order valence-corrected chi connectivity index (χ3v) is 3.35. The lowest BCUT2D eigenvalue weighted by molar-refractivity contribution is 0.559. The predicted molar refractivity (Wildman–Crippen MR) is 63.7 cm³/mol. The van der Waals surface area contributed by atoms with Gasteiger partial charge in [-0.2, -0.15) is 0 Å². The Labute approximate surface area is 99.3 Å². The molecule has 1 atom stereocenters. The van der Waals surface area contributed by atoms with Crippen LogP contribution in [-0.2, 0) is 0 Å². The normalized spacial score (nSPS) is 12.9. The second-order valence-electron chi connectivity index (χ2n) is 2.99. The third-order valence-electron chi connectivity index (χ3n) is 2.11. The summed E-state index contributed by atoms with van der Waals surface area (Å²) in [4.78, 5) is 0. The zero-order chi connectivity index (χ0) is 10.9. The SMILES string of the molecule is CN[C@@H](C)c1c(N)c(Br)cc(Br)c1F. The molecule has 0 bridgehead atoms. The maximum atomic E-state index is 13.7. The van der Waals surface area contributed by atoms with Gasteiger partial charge in [0.25, 0.3) is 0 Å². The Balaban J connectivity index is 3.39. The predicted octanol–water partition coefficient (Wildman–Crippen LogP) is 3.21. The number of rotatable bonds is 2. The average Bonchev–Trinajstić information content (AvgIpc) is 2.15. The van der Waals surface area contributed by atoms with Gasteiger partial charge in [-0.25, -0.2) is 4.39 Å². The Morgan fingerprint density at radius 1 is 1.43 bits per heavy atom. The first kappa shape index (κ1) is 11.9. The minimum atomic E-state index is -0.312. The van der Waals surface area contributed by atoms with Crippen LogP contribution in [0.2, 0.25) is 0 Å². The van der Waals surface area contributed by atoms with Gasteiger partial charge in [-0.3, -0.25) is 0 Å². The minimum Gasteiger partial charge on any atom is -0.397 e. The molecule has 0 spiro atoms. The molecule has 78 valence electrons. The Morgan fingerprint density at radius 2 is 2.00 bits per heavy atom. The van der Waals surface area contributed by atoms with Crippen LogP contribution in [0.4, 0.5) is 10.1 Å². The molecule has 2 nitrogen and oxygen atoms in total. The van der Waals surface area contributed by atoms with Gasteiger partial charge in [-0.05, 0) is 51.9 Å². The van der Waals surface area contributed by atoms with Crippen molar-refractivity contribution in [1.82, 2.24) is 5.32 Å². The molecule has 1 aromatic rings. The van der Waals surface area contributed by atoms with Gasteiger partial charge in [0.1, 0.15) is 5.82 Å². The molecule has 14 heavy (non-hydrogen) atoms. The molecular weight excluding hydrogens is 315 g/mol. The Kier molecular flexibility index (Phi) is 3.92. The monoisotopic (exact) mass is 324 g/mol. The highest BCUT2D eigenvalue weighted by atomic mass is 79.9. The lowest BCUT2D eigenvalue weighted by atomic mass is 10.1. The standard InChI is InChI=1S/C9H11Br2FN2/c1-4(14-2)7-8(12)5(10)3-6(11)9(7)13/h3-4,14H,13H2,1-2H3/t4-/m0/s1. The van der Waals surface area contributed by atoms with Crippen molar-refractivity contribution >= 4 is 37.5 Å². The third kappa shape index (κ3) is 2.10. The van der Waals surface area contributed by atoms with Crippen LogP contribution in [0.3, 0.4) is 0 Å². The number of benzene rings is 1. The summed E-state index contributed by atoms with van der Waals surface area (Å²) in [6.07, 6.45) is 0. The molecule has 0 aliphatic rings. The molecule has 5 heteroatoms. The van der Waals surface area contributed by atoms with Crippen molar-refractivity contribution in [3.05, 3.63) is 26.4 Å². The van der Waals surface area contributed by atoms with E-state index in [9.17, 15) is 4.39 Å². The second kappa shape index (κ2) is 4.59. The van der Waals surface area contributed by atoms with Crippen LogP contribution in [0, 0.1) is 5.82 Å². The van der Waals surface area contributed by atoms with E-state index < -0.39 is 0 Å². The van der Waals surface area contributed by atoms with Gasteiger partial charge in [0.2, 0.25) is 0 Å². The smallest absolute Gasteiger partial charge is 0.144 e. The van der Waals surface area contributed by atoms with Crippen molar-refractivity contribution in [3.8, 4) is 0 Å². The molecule has 0 aliphatic heterocycles. The van der Waals surface area contributed by atoms with Crippen molar-refractivity contribution in [3.63, 3.8) is 0 Å². The summed E-state index contributed by atoms with van der Waals surface area (Å²) in [5, 5.41) is 2.96. The molecule has 1 aromatic carbocycles. The maximum absolute atomic E-state index is 13.7. The zero-order valence-electron chi connectivity index (χ0n) is 7.87. The maximum Gasteiger partial charge on any atom is 0.144 e. The molecule has 0 aliphatic carbocycles. The first-order valence-corrected chi connectivity index (χ1v) is 5.67. The van der Waals surface area contributed by atoms with Crippen molar-refractivity contribution in [1.29, 1.82) is 0 Å². The van der Waals surface area contributed by atoms with E-state index in [2.05, 4.69) is 37.2 Å². The molecule has 0 saturated carbocycles. The van der Waals surface area contributed by atoms with Crippen molar-refractivity contribution in [2.24, 2.45) is 0 Å². The highest BCUT2D eigenvalue weighted by Crippen LogP contribution is 2.34. The van der Waals surface area contributed by atoms with E-state index in [0.29, 0.717) is 20.2 Å². The molecule has 0 aromatic heterocycles. The highest BCUT2D eigenvalue weighted by molar-refractivity contribution is 9.11. The van der Waals surface area contributed by atoms with E-state index in [4.69, 9.17) is 5.73 Å². The second-order valence-corrected chi connectivity index (χ2v) is 4.70. The molecule has 0 radical (unpaired) electrons. The number of anilines is 1. The van der Waals surface area contributed by atoms with Gasteiger partial charge in [0, 0.05) is 16.1 Å². The van der Waals surface area contributed by atoms with Crippen LogP contribution in [0.25, 0.3) is 0 Å². The van der Waals surface area contributed by atoms with Crippen LogP contribution >= 0.6 is 31.9 Å². The number of nitrogen functional groups attached to an aromatic ring is 1. The molecule has 0 amide bonds. The van der Waals surface area contributed by atoms with Crippen molar-refractivity contribution < 1.29 is 4.39 Å².